The lowest BCUT2D eigenvalue weighted by atomic mass is 10.3. The van der Waals surface area contributed by atoms with Gasteiger partial charge in [-0.1, -0.05) is 15.9 Å². The predicted molar refractivity (Wildman–Crippen MR) is 63.3 cm³/mol. The van der Waals surface area contributed by atoms with Crippen molar-refractivity contribution in [3.05, 3.63) is 34.4 Å². The second-order valence-electron chi connectivity index (χ2n) is 3.05. The molecule has 0 bridgehead atoms. The van der Waals surface area contributed by atoms with Gasteiger partial charge in [0.2, 0.25) is 0 Å². The zero-order valence-corrected chi connectivity index (χ0v) is 10.5. The minimum atomic E-state index is -0.567. The Morgan fingerprint density at radius 1 is 1.47 bits per heavy atom. The van der Waals surface area contributed by atoms with Gasteiger partial charge >= 0.3 is 5.97 Å². The Hall–Kier alpha value is -1.63. The van der Waals surface area contributed by atoms with Gasteiger partial charge < -0.3 is 9.47 Å². The number of esters is 1. The van der Waals surface area contributed by atoms with Gasteiger partial charge in [0.05, 0.1) is 12.0 Å². The number of non-ortho nitro benzene ring substituents is 1. The van der Waals surface area contributed by atoms with Gasteiger partial charge in [0.25, 0.3) is 5.69 Å². The SMILES string of the molecule is COC(=O)C(Br)COc1ccc([N+](=O)[O-])cc1. The lowest BCUT2D eigenvalue weighted by Crippen LogP contribution is -2.22. The van der Waals surface area contributed by atoms with E-state index < -0.39 is 15.7 Å². The predicted octanol–water partition coefficient (Wildman–Crippen LogP) is 1.91. The number of nitro groups is 1. The molecule has 17 heavy (non-hydrogen) atoms. The Bertz CT molecular complexity index is 406. The number of nitro benzene ring substituents is 1. The average Bonchev–Trinajstić information content (AvgIpc) is 2.35. The summed E-state index contributed by atoms with van der Waals surface area (Å²) in [7, 11) is 1.28. The molecule has 0 aromatic heterocycles. The highest BCUT2D eigenvalue weighted by atomic mass is 79.9. The van der Waals surface area contributed by atoms with E-state index in [4.69, 9.17) is 4.74 Å². The molecule has 1 unspecified atom stereocenters. The molecule has 1 atom stereocenters. The Morgan fingerprint density at radius 2 is 2.06 bits per heavy atom. The summed E-state index contributed by atoms with van der Waals surface area (Å²) in [6.45, 7) is 0.0878. The van der Waals surface area contributed by atoms with Gasteiger partial charge in [0.15, 0.2) is 0 Å². The molecule has 0 fully saturated rings. The Balaban J connectivity index is 2.53. The summed E-state index contributed by atoms with van der Waals surface area (Å²) in [4.78, 5) is 20.4. The summed E-state index contributed by atoms with van der Waals surface area (Å²) in [6.07, 6.45) is 0. The number of hydrogen-bond donors (Lipinski definition) is 0. The first kappa shape index (κ1) is 13.4. The normalized spacial score (nSPS) is 11.6. The van der Waals surface area contributed by atoms with E-state index >= 15 is 0 Å². The number of methoxy groups -OCH3 is 1. The van der Waals surface area contributed by atoms with Crippen molar-refractivity contribution in [2.75, 3.05) is 13.7 Å². The summed E-state index contributed by atoms with van der Waals surface area (Å²) < 4.78 is 9.75. The van der Waals surface area contributed by atoms with Crippen molar-refractivity contribution in [3.63, 3.8) is 0 Å². The first-order valence-corrected chi connectivity index (χ1v) is 5.55. The van der Waals surface area contributed by atoms with Gasteiger partial charge in [-0.25, -0.2) is 0 Å². The first-order valence-electron chi connectivity index (χ1n) is 4.63. The summed E-state index contributed by atoms with van der Waals surface area (Å²) in [6, 6.07) is 5.59. The molecule has 0 radical (unpaired) electrons. The number of nitrogens with zero attached hydrogens (tertiary/aromatic N) is 1. The number of alkyl halides is 1. The Morgan fingerprint density at radius 3 is 2.53 bits per heavy atom. The average molecular weight is 304 g/mol. The van der Waals surface area contributed by atoms with Crippen LogP contribution in [0.15, 0.2) is 24.3 Å². The molecule has 1 rings (SSSR count). The standard InChI is InChI=1S/C10H10BrNO5/c1-16-10(13)9(11)6-17-8-4-2-7(3-5-8)12(14)15/h2-5,9H,6H2,1H3. The highest BCUT2D eigenvalue weighted by Gasteiger charge is 2.16. The van der Waals surface area contributed by atoms with Gasteiger partial charge in [-0.15, -0.1) is 0 Å². The molecule has 0 aliphatic carbocycles. The number of carbonyl (C=O) groups is 1. The molecule has 92 valence electrons. The molecule has 0 heterocycles. The summed E-state index contributed by atoms with van der Waals surface area (Å²) in [5, 5.41) is 10.4. The monoisotopic (exact) mass is 303 g/mol. The summed E-state index contributed by atoms with van der Waals surface area (Å²) >= 11 is 3.09. The van der Waals surface area contributed by atoms with E-state index in [0.29, 0.717) is 5.75 Å². The van der Waals surface area contributed by atoms with E-state index in [9.17, 15) is 14.9 Å². The molecule has 0 aliphatic rings. The summed E-state index contributed by atoms with van der Waals surface area (Å²) in [5.41, 5.74) is -0.0132. The minimum Gasteiger partial charge on any atom is -0.492 e. The van der Waals surface area contributed by atoms with Crippen molar-refractivity contribution < 1.29 is 19.2 Å². The second-order valence-corrected chi connectivity index (χ2v) is 4.16. The smallest absolute Gasteiger partial charge is 0.322 e. The van der Waals surface area contributed by atoms with Crippen LogP contribution in [0.4, 0.5) is 5.69 Å². The van der Waals surface area contributed by atoms with E-state index in [-0.39, 0.29) is 12.3 Å². The maximum Gasteiger partial charge on any atom is 0.322 e. The van der Waals surface area contributed by atoms with Crippen LogP contribution in [0.25, 0.3) is 0 Å². The number of carbonyl (C=O) groups excluding carboxylic acids is 1. The van der Waals surface area contributed by atoms with Crippen molar-refractivity contribution >= 4 is 27.6 Å². The van der Waals surface area contributed by atoms with Crippen LogP contribution in [-0.4, -0.2) is 29.4 Å². The topological polar surface area (TPSA) is 78.7 Å². The van der Waals surface area contributed by atoms with Crippen LogP contribution in [0.2, 0.25) is 0 Å². The Kier molecular flexibility index (Phi) is 4.89. The fourth-order valence-electron chi connectivity index (χ4n) is 1.03. The highest BCUT2D eigenvalue weighted by molar-refractivity contribution is 9.10. The van der Waals surface area contributed by atoms with E-state index in [1.54, 1.807) is 0 Å². The van der Waals surface area contributed by atoms with Crippen molar-refractivity contribution in [1.82, 2.24) is 0 Å². The van der Waals surface area contributed by atoms with Gasteiger partial charge in [0, 0.05) is 12.1 Å². The maximum atomic E-state index is 11.0. The molecule has 1 aromatic rings. The lowest BCUT2D eigenvalue weighted by molar-refractivity contribution is -0.384. The highest BCUT2D eigenvalue weighted by Crippen LogP contribution is 2.18. The van der Waals surface area contributed by atoms with E-state index in [2.05, 4.69) is 20.7 Å². The third kappa shape index (κ3) is 4.03. The number of halogens is 1. The van der Waals surface area contributed by atoms with E-state index in [1.807, 2.05) is 0 Å². The molecule has 1 aromatic carbocycles. The van der Waals surface area contributed by atoms with Crippen molar-refractivity contribution in [2.45, 2.75) is 4.83 Å². The largest absolute Gasteiger partial charge is 0.492 e. The molecule has 0 saturated heterocycles. The van der Waals surface area contributed by atoms with Crippen LogP contribution >= 0.6 is 15.9 Å². The minimum absolute atomic E-state index is 0.0132. The third-order valence-electron chi connectivity index (χ3n) is 1.90. The quantitative estimate of drug-likeness (QED) is 0.359. The number of ether oxygens (including phenoxy) is 2. The van der Waals surface area contributed by atoms with Crippen LogP contribution in [0.1, 0.15) is 0 Å². The van der Waals surface area contributed by atoms with Crippen LogP contribution in [0, 0.1) is 10.1 Å². The molecular formula is C10H10BrNO5. The van der Waals surface area contributed by atoms with Gasteiger partial charge in [-0.2, -0.15) is 0 Å². The number of benzene rings is 1. The molecular weight excluding hydrogens is 294 g/mol. The molecule has 0 saturated carbocycles. The van der Waals surface area contributed by atoms with Crippen molar-refractivity contribution in [3.8, 4) is 5.75 Å². The maximum absolute atomic E-state index is 11.0. The van der Waals surface area contributed by atoms with Crippen LogP contribution in [-0.2, 0) is 9.53 Å². The zero-order valence-electron chi connectivity index (χ0n) is 8.96. The fourth-order valence-corrected chi connectivity index (χ4v) is 1.35. The van der Waals surface area contributed by atoms with E-state index in [0.717, 1.165) is 0 Å². The van der Waals surface area contributed by atoms with Gasteiger partial charge in [0.1, 0.15) is 17.2 Å². The Labute approximate surface area is 106 Å². The van der Waals surface area contributed by atoms with Crippen LogP contribution < -0.4 is 4.74 Å². The molecule has 6 nitrogen and oxygen atoms in total. The van der Waals surface area contributed by atoms with Crippen LogP contribution in [0.3, 0.4) is 0 Å². The number of hydrogen-bond acceptors (Lipinski definition) is 5. The van der Waals surface area contributed by atoms with E-state index in [1.165, 1.54) is 31.4 Å². The molecule has 0 amide bonds. The zero-order chi connectivity index (χ0) is 12.8. The molecule has 0 spiro atoms. The van der Waals surface area contributed by atoms with Gasteiger partial charge in [-0.05, 0) is 12.1 Å². The first-order chi connectivity index (χ1) is 8.04. The molecule has 0 N–H and O–H groups in total. The van der Waals surface area contributed by atoms with Crippen molar-refractivity contribution in [2.24, 2.45) is 0 Å². The van der Waals surface area contributed by atoms with Crippen molar-refractivity contribution in [1.29, 1.82) is 0 Å². The fraction of sp³-hybridized carbons (Fsp3) is 0.300. The third-order valence-corrected chi connectivity index (χ3v) is 2.54. The van der Waals surface area contributed by atoms with Gasteiger partial charge in [-0.3, -0.25) is 14.9 Å². The second kappa shape index (κ2) is 6.19. The number of rotatable bonds is 5. The van der Waals surface area contributed by atoms with Crippen LogP contribution in [0.5, 0.6) is 5.75 Å². The lowest BCUT2D eigenvalue weighted by Gasteiger charge is -2.09. The molecule has 0 aliphatic heterocycles. The summed E-state index contributed by atoms with van der Waals surface area (Å²) in [5.74, 6) is 0.0101. The molecule has 7 heteroatoms.